The molecule has 0 bridgehead atoms. The fraction of sp³-hybridized carbons (Fsp3) is 0.300. The Bertz CT molecular complexity index is 916. The minimum Gasteiger partial charge on any atom is -0.291 e. The van der Waals surface area contributed by atoms with Crippen LogP contribution < -0.4 is 0 Å². The molecule has 0 radical (unpaired) electrons. The number of rotatable bonds is 6. The first-order chi connectivity index (χ1) is 13.8. The minimum absolute atomic E-state index is 1.03. The van der Waals surface area contributed by atoms with E-state index in [0.29, 0.717) is 0 Å². The van der Waals surface area contributed by atoms with Crippen LogP contribution >= 0.6 is 46.2 Å². The van der Waals surface area contributed by atoms with E-state index in [1.165, 1.54) is 18.1 Å². The van der Waals surface area contributed by atoms with Crippen molar-refractivity contribution in [3.63, 3.8) is 0 Å². The summed E-state index contributed by atoms with van der Waals surface area (Å²) in [5.41, 5.74) is 2.23. The lowest BCUT2D eigenvalue weighted by Gasteiger charge is -2.33. The van der Waals surface area contributed by atoms with Crippen LogP contribution in [0.15, 0.2) is 57.2 Å². The van der Waals surface area contributed by atoms with E-state index in [-0.39, 0.29) is 0 Å². The Balaban J connectivity index is 1.08. The van der Waals surface area contributed by atoms with Crippen LogP contribution in [-0.4, -0.2) is 57.7 Å². The van der Waals surface area contributed by atoms with Crippen LogP contribution in [0.1, 0.15) is 0 Å². The average molecular weight is 445 g/mol. The molecule has 0 saturated carbocycles. The molecule has 144 valence electrons. The van der Waals surface area contributed by atoms with E-state index in [1.807, 2.05) is 23.5 Å². The summed E-state index contributed by atoms with van der Waals surface area (Å²) in [6, 6.07) is 16.8. The smallest absolute Gasteiger partial charge is 0.152 e. The SMILES string of the molecule is c1ccc2sc(SCN3CCN(CSc4nc5ccccc5s4)CC3)nc2c1. The zero-order valence-corrected chi connectivity index (χ0v) is 18.5. The summed E-state index contributed by atoms with van der Waals surface area (Å²) in [7, 11) is 0. The molecule has 1 aliphatic heterocycles. The molecule has 0 amide bonds. The number of hydrogen-bond donors (Lipinski definition) is 0. The molecule has 0 atom stereocenters. The molecule has 5 rings (SSSR count). The van der Waals surface area contributed by atoms with Gasteiger partial charge in [-0.1, -0.05) is 47.8 Å². The number of para-hydroxylation sites is 2. The molecule has 4 nitrogen and oxygen atoms in total. The molecule has 1 fully saturated rings. The Hall–Kier alpha value is -1.16. The van der Waals surface area contributed by atoms with Gasteiger partial charge in [0.05, 0.1) is 32.2 Å². The first kappa shape index (κ1) is 18.8. The van der Waals surface area contributed by atoms with E-state index in [0.717, 1.165) is 49.0 Å². The van der Waals surface area contributed by atoms with E-state index in [4.69, 9.17) is 9.97 Å². The van der Waals surface area contributed by atoms with Gasteiger partial charge in [-0.3, -0.25) is 9.80 Å². The van der Waals surface area contributed by atoms with Crippen LogP contribution in [0.3, 0.4) is 0 Å². The molecule has 8 heteroatoms. The van der Waals surface area contributed by atoms with Gasteiger partial charge in [0, 0.05) is 26.2 Å². The van der Waals surface area contributed by atoms with Crippen molar-refractivity contribution >= 4 is 66.6 Å². The first-order valence-corrected chi connectivity index (χ1v) is 12.9. The van der Waals surface area contributed by atoms with E-state index in [2.05, 4.69) is 58.3 Å². The van der Waals surface area contributed by atoms with Crippen molar-refractivity contribution in [2.75, 3.05) is 37.9 Å². The number of aromatic nitrogens is 2. The normalized spacial score (nSPS) is 16.3. The number of piperazine rings is 1. The minimum atomic E-state index is 1.03. The number of fused-ring (bicyclic) bond motifs is 2. The molecule has 1 saturated heterocycles. The Morgan fingerprint density at radius 1 is 0.679 bits per heavy atom. The standard InChI is InChI=1S/C20H20N4S4/c1-3-7-17-15(5-1)21-19(27-17)25-13-23-9-11-24(12-10-23)14-26-20-22-16-6-2-4-8-18(16)28-20/h1-8H,9-14H2. The Labute approximate surface area is 181 Å². The zero-order valence-electron chi connectivity index (χ0n) is 15.3. The van der Waals surface area contributed by atoms with Crippen LogP contribution in [0.2, 0.25) is 0 Å². The van der Waals surface area contributed by atoms with Gasteiger partial charge in [0.2, 0.25) is 0 Å². The monoisotopic (exact) mass is 444 g/mol. The van der Waals surface area contributed by atoms with Crippen molar-refractivity contribution in [1.29, 1.82) is 0 Å². The number of benzene rings is 2. The molecule has 1 aliphatic rings. The van der Waals surface area contributed by atoms with Gasteiger partial charge in [0.1, 0.15) is 0 Å². The Kier molecular flexibility index (Phi) is 5.85. The third-order valence-corrected chi connectivity index (χ3v) is 9.29. The number of hydrogen-bond acceptors (Lipinski definition) is 8. The van der Waals surface area contributed by atoms with Crippen LogP contribution in [0, 0.1) is 0 Å². The van der Waals surface area contributed by atoms with Crippen LogP contribution in [0.4, 0.5) is 0 Å². The third kappa shape index (κ3) is 4.37. The van der Waals surface area contributed by atoms with Crippen molar-refractivity contribution in [1.82, 2.24) is 19.8 Å². The lowest BCUT2D eigenvalue weighted by atomic mass is 10.3. The quantitative estimate of drug-likeness (QED) is 0.374. The predicted octanol–water partition coefficient (Wildman–Crippen LogP) is 5.32. The van der Waals surface area contributed by atoms with Crippen LogP contribution in [0.25, 0.3) is 20.4 Å². The summed E-state index contributed by atoms with van der Waals surface area (Å²) in [5, 5.41) is 0. The van der Waals surface area contributed by atoms with Gasteiger partial charge >= 0.3 is 0 Å². The van der Waals surface area contributed by atoms with Gasteiger partial charge in [-0.05, 0) is 24.3 Å². The maximum atomic E-state index is 4.73. The van der Waals surface area contributed by atoms with Gasteiger partial charge in [-0.25, -0.2) is 9.97 Å². The average Bonchev–Trinajstić information content (AvgIpc) is 3.34. The molecule has 3 heterocycles. The van der Waals surface area contributed by atoms with Crippen molar-refractivity contribution in [2.45, 2.75) is 8.68 Å². The highest BCUT2D eigenvalue weighted by atomic mass is 32.2. The highest BCUT2D eigenvalue weighted by Crippen LogP contribution is 2.31. The lowest BCUT2D eigenvalue weighted by Crippen LogP contribution is -2.45. The summed E-state index contributed by atoms with van der Waals surface area (Å²) in [6.45, 7) is 4.49. The second kappa shape index (κ2) is 8.69. The van der Waals surface area contributed by atoms with E-state index in [9.17, 15) is 0 Å². The number of nitrogens with zero attached hydrogens (tertiary/aromatic N) is 4. The largest absolute Gasteiger partial charge is 0.291 e. The summed E-state index contributed by atoms with van der Waals surface area (Å²) in [4.78, 5) is 14.5. The maximum absolute atomic E-state index is 4.73. The van der Waals surface area contributed by atoms with Crippen LogP contribution in [0.5, 0.6) is 0 Å². The molecular weight excluding hydrogens is 425 g/mol. The second-order valence-electron chi connectivity index (χ2n) is 6.68. The maximum Gasteiger partial charge on any atom is 0.152 e. The van der Waals surface area contributed by atoms with Crippen molar-refractivity contribution < 1.29 is 0 Å². The summed E-state index contributed by atoms with van der Waals surface area (Å²) < 4.78 is 4.91. The highest BCUT2D eigenvalue weighted by molar-refractivity contribution is 8.01. The van der Waals surface area contributed by atoms with Gasteiger partial charge in [0.15, 0.2) is 8.68 Å². The Morgan fingerprint density at radius 3 is 1.54 bits per heavy atom. The van der Waals surface area contributed by atoms with E-state index >= 15 is 0 Å². The zero-order chi connectivity index (χ0) is 18.8. The van der Waals surface area contributed by atoms with Crippen LogP contribution in [-0.2, 0) is 0 Å². The summed E-state index contributed by atoms with van der Waals surface area (Å²) >= 11 is 7.33. The second-order valence-corrected chi connectivity index (χ2v) is 11.1. The van der Waals surface area contributed by atoms with Gasteiger partial charge in [-0.15, -0.1) is 22.7 Å². The van der Waals surface area contributed by atoms with E-state index in [1.54, 1.807) is 22.7 Å². The third-order valence-electron chi connectivity index (χ3n) is 4.75. The Morgan fingerprint density at radius 2 is 1.11 bits per heavy atom. The molecule has 2 aromatic heterocycles. The summed E-state index contributed by atoms with van der Waals surface area (Å²) in [6.07, 6.45) is 0. The topological polar surface area (TPSA) is 32.3 Å². The highest BCUT2D eigenvalue weighted by Gasteiger charge is 2.18. The van der Waals surface area contributed by atoms with Gasteiger partial charge in [0.25, 0.3) is 0 Å². The van der Waals surface area contributed by atoms with E-state index < -0.39 is 0 Å². The predicted molar refractivity (Wildman–Crippen MR) is 124 cm³/mol. The molecule has 28 heavy (non-hydrogen) atoms. The molecule has 0 N–H and O–H groups in total. The molecule has 0 aliphatic carbocycles. The fourth-order valence-electron chi connectivity index (χ4n) is 3.17. The number of thiazole rings is 2. The van der Waals surface area contributed by atoms with Crippen molar-refractivity contribution in [3.8, 4) is 0 Å². The number of thioether (sulfide) groups is 2. The fourth-order valence-corrected chi connectivity index (χ4v) is 7.31. The molecule has 0 unspecified atom stereocenters. The summed E-state index contributed by atoms with van der Waals surface area (Å²) in [5.74, 6) is 2.05. The van der Waals surface area contributed by atoms with Gasteiger partial charge in [-0.2, -0.15) is 0 Å². The molecule has 0 spiro atoms. The van der Waals surface area contributed by atoms with Crippen molar-refractivity contribution in [3.05, 3.63) is 48.5 Å². The first-order valence-electron chi connectivity index (χ1n) is 9.25. The molecule has 4 aromatic rings. The lowest BCUT2D eigenvalue weighted by molar-refractivity contribution is 0.169. The van der Waals surface area contributed by atoms with Crippen molar-refractivity contribution in [2.24, 2.45) is 0 Å². The molecule has 2 aromatic carbocycles. The van der Waals surface area contributed by atoms with Gasteiger partial charge < -0.3 is 0 Å². The molecular formula is C20H20N4S4.